The number of aromatic amines is 1. The molecular formula is C28H21KN6O8. The summed E-state index contributed by atoms with van der Waals surface area (Å²) < 4.78 is 0.665. The van der Waals surface area contributed by atoms with Crippen LogP contribution in [-0.2, 0) is 9.59 Å². The zero-order valence-electron chi connectivity index (χ0n) is 22.7. The largest absolute Gasteiger partial charge is 1.00 e. The quantitative estimate of drug-likeness (QED) is 0.0930. The van der Waals surface area contributed by atoms with Crippen molar-refractivity contribution in [3.8, 4) is 11.6 Å². The van der Waals surface area contributed by atoms with Crippen LogP contribution in [0.2, 0.25) is 0 Å². The third-order valence-electron chi connectivity index (χ3n) is 6.01. The molecule has 3 aromatic rings. The number of primary amides is 2. The van der Waals surface area contributed by atoms with Crippen LogP contribution in [0.3, 0.4) is 0 Å². The molecule has 43 heavy (non-hydrogen) atoms. The number of amides is 6. The van der Waals surface area contributed by atoms with E-state index < -0.39 is 57.9 Å². The fraction of sp³-hybridized carbons (Fsp3) is 0.0357. The first-order chi connectivity index (χ1) is 19.9. The van der Waals surface area contributed by atoms with Crippen molar-refractivity contribution in [2.24, 2.45) is 11.5 Å². The Bertz CT molecular complexity index is 1900. The number of nitrogens with one attached hydrogen (secondary N) is 2. The average molecular weight is 609 g/mol. The number of imide groups is 2. The molecule has 0 radical (unpaired) electrons. The van der Waals surface area contributed by atoms with Gasteiger partial charge < -0.3 is 21.6 Å². The van der Waals surface area contributed by atoms with Crippen molar-refractivity contribution >= 4 is 41.4 Å². The number of nitrogens with zero attached hydrogens (tertiary/aromatic N) is 2. The molecule has 15 heteroatoms. The van der Waals surface area contributed by atoms with Crippen molar-refractivity contribution in [2.75, 3.05) is 4.90 Å². The van der Waals surface area contributed by atoms with Crippen LogP contribution in [0.15, 0.2) is 87.5 Å². The number of rotatable bonds is 7. The van der Waals surface area contributed by atoms with Crippen LogP contribution in [0, 0.1) is 0 Å². The smallest absolute Gasteiger partial charge is 0.860 e. The van der Waals surface area contributed by atoms with Gasteiger partial charge >= 0.3 is 63.1 Å². The van der Waals surface area contributed by atoms with Gasteiger partial charge in [0.1, 0.15) is 5.57 Å². The third kappa shape index (κ3) is 7.04. The summed E-state index contributed by atoms with van der Waals surface area (Å²) in [5.41, 5.74) is 8.14. The van der Waals surface area contributed by atoms with Gasteiger partial charge in [-0.05, 0) is 61.4 Å². The molecule has 1 fully saturated rings. The predicted octanol–water partition coefficient (Wildman–Crippen LogP) is -3.03. The van der Waals surface area contributed by atoms with Crippen LogP contribution in [0.25, 0.3) is 11.8 Å². The first-order valence-corrected chi connectivity index (χ1v) is 12.0. The van der Waals surface area contributed by atoms with Crippen molar-refractivity contribution in [3.05, 3.63) is 115 Å². The van der Waals surface area contributed by atoms with E-state index in [0.29, 0.717) is 15.0 Å². The van der Waals surface area contributed by atoms with Crippen LogP contribution in [0.4, 0.5) is 10.5 Å². The minimum Gasteiger partial charge on any atom is -0.860 e. The molecule has 0 saturated carbocycles. The molecule has 2 aromatic carbocycles. The first kappa shape index (κ1) is 32.8. The van der Waals surface area contributed by atoms with Crippen molar-refractivity contribution in [1.82, 2.24) is 14.9 Å². The molecule has 0 aliphatic carbocycles. The molecule has 0 unspecified atom stereocenters. The van der Waals surface area contributed by atoms with Gasteiger partial charge in [0.05, 0.1) is 11.4 Å². The molecule has 212 valence electrons. The number of H-pyrrole nitrogens is 1. The zero-order valence-corrected chi connectivity index (χ0v) is 25.9. The molecule has 0 spiro atoms. The number of anilines is 1. The van der Waals surface area contributed by atoms with E-state index >= 15 is 0 Å². The Labute approximate surface area is 284 Å². The molecule has 1 saturated heterocycles. The maximum Gasteiger partial charge on any atom is 1.00 e. The average Bonchev–Trinajstić information content (AvgIpc) is 2.92. The number of benzene rings is 2. The normalized spacial score (nSPS) is 14.5. The summed E-state index contributed by atoms with van der Waals surface area (Å²) >= 11 is 0. The van der Waals surface area contributed by atoms with Gasteiger partial charge in [-0.3, -0.25) is 29.3 Å². The predicted molar refractivity (Wildman–Crippen MR) is 147 cm³/mol. The second kappa shape index (κ2) is 13.5. The molecule has 0 bridgehead atoms. The van der Waals surface area contributed by atoms with Gasteiger partial charge in [0.2, 0.25) is 11.8 Å². The molecule has 1 aliphatic rings. The number of barbiturate groups is 1. The summed E-state index contributed by atoms with van der Waals surface area (Å²) in [5.74, 6) is -4.48. The topological polar surface area (TPSA) is 231 Å². The minimum absolute atomic E-state index is 0. The number of hydrogen-bond donors (Lipinski definition) is 4. The Morgan fingerprint density at radius 3 is 2.09 bits per heavy atom. The molecule has 1 aliphatic heterocycles. The fourth-order valence-electron chi connectivity index (χ4n) is 3.90. The Morgan fingerprint density at radius 1 is 0.907 bits per heavy atom. The summed E-state index contributed by atoms with van der Waals surface area (Å²) in [7, 11) is 0. The summed E-state index contributed by atoms with van der Waals surface area (Å²) in [4.78, 5) is 89.0. The van der Waals surface area contributed by atoms with E-state index in [0.717, 1.165) is 12.2 Å². The maximum absolute atomic E-state index is 13.0. The van der Waals surface area contributed by atoms with Crippen molar-refractivity contribution < 1.29 is 80.5 Å². The van der Waals surface area contributed by atoms with Gasteiger partial charge in [-0.2, -0.15) is 0 Å². The standard InChI is InChI=1S/C28H22N6O8.K/c1-14(8-10-19-23(37)31-27(41)33(25(19)39)17-6-2-4-15(12-17)21(29)35)9-11-20-24(38)32-28(42)34(26(20)40)18-7-3-5-16(13-18)22(30)36;/h2-13,37H,1H3,(H2,29,35)(H2,30,36)(H,31,41)(H,32,38,42);/q;+1/p-1. The van der Waals surface area contributed by atoms with E-state index in [1.54, 1.807) is 0 Å². The third-order valence-corrected chi connectivity index (χ3v) is 6.01. The van der Waals surface area contributed by atoms with E-state index in [-0.39, 0.29) is 73.9 Å². The van der Waals surface area contributed by atoms with Gasteiger partial charge in [0, 0.05) is 16.7 Å². The number of nitrogens with two attached hydrogens (primary N) is 2. The van der Waals surface area contributed by atoms with E-state index in [1.165, 1.54) is 67.6 Å². The van der Waals surface area contributed by atoms with Crippen LogP contribution in [0.5, 0.6) is 5.88 Å². The monoisotopic (exact) mass is 608 g/mol. The van der Waals surface area contributed by atoms with Gasteiger partial charge in [-0.25, -0.2) is 19.1 Å². The number of urea groups is 1. The van der Waals surface area contributed by atoms with E-state index in [1.807, 2.05) is 10.3 Å². The number of carbonyl (C=O) groups excluding carboxylic acids is 5. The second-order valence-corrected chi connectivity index (χ2v) is 8.87. The Hall–Kier alpha value is -4.67. The fourth-order valence-corrected chi connectivity index (χ4v) is 3.90. The summed E-state index contributed by atoms with van der Waals surface area (Å²) in [5, 5.41) is 14.4. The van der Waals surface area contributed by atoms with E-state index in [9.17, 15) is 38.7 Å². The zero-order chi connectivity index (χ0) is 30.7. The minimum atomic E-state index is -1.02. The van der Waals surface area contributed by atoms with Gasteiger partial charge in [0.25, 0.3) is 17.4 Å². The Morgan fingerprint density at radius 2 is 1.49 bits per heavy atom. The Kier molecular flexibility index (Phi) is 10.3. The number of aromatic nitrogens is 2. The van der Waals surface area contributed by atoms with Gasteiger partial charge in [-0.15, -0.1) is 0 Å². The maximum atomic E-state index is 13.0. The summed E-state index contributed by atoms with van der Waals surface area (Å²) in [6, 6.07) is 9.77. The van der Waals surface area contributed by atoms with Gasteiger partial charge in [-0.1, -0.05) is 29.9 Å². The second-order valence-electron chi connectivity index (χ2n) is 8.87. The molecular weight excluding hydrogens is 587 g/mol. The summed E-state index contributed by atoms with van der Waals surface area (Å²) in [6.07, 6.45) is 4.91. The number of allylic oxidation sites excluding steroid dienone is 4. The van der Waals surface area contributed by atoms with Gasteiger partial charge in [0.15, 0.2) is 0 Å². The van der Waals surface area contributed by atoms with E-state index in [4.69, 9.17) is 11.5 Å². The molecule has 6 N–H and O–H groups in total. The van der Waals surface area contributed by atoms with E-state index in [2.05, 4.69) is 0 Å². The van der Waals surface area contributed by atoms with Crippen LogP contribution in [0.1, 0.15) is 33.2 Å². The van der Waals surface area contributed by atoms with Crippen molar-refractivity contribution in [2.45, 2.75) is 6.92 Å². The van der Waals surface area contributed by atoms with Crippen molar-refractivity contribution in [3.63, 3.8) is 0 Å². The van der Waals surface area contributed by atoms with Crippen molar-refractivity contribution in [1.29, 1.82) is 0 Å². The van der Waals surface area contributed by atoms with Crippen LogP contribution < -0.4 is 89.4 Å². The molecule has 0 atom stereocenters. The van der Waals surface area contributed by atoms with Crippen LogP contribution in [-0.4, -0.2) is 39.2 Å². The molecule has 4 rings (SSSR count). The number of carbonyl (C=O) groups is 5. The Balaban J connectivity index is 0.00000506. The molecule has 14 nitrogen and oxygen atoms in total. The summed E-state index contributed by atoms with van der Waals surface area (Å²) in [6.45, 7) is 1.53. The van der Waals surface area contributed by atoms with Crippen LogP contribution >= 0.6 is 0 Å². The first-order valence-electron chi connectivity index (χ1n) is 12.0. The number of hydrogen-bond acceptors (Lipinski definition) is 8. The molecule has 1 aromatic heterocycles. The molecule has 2 heterocycles. The molecule has 6 amide bonds. The SMILES string of the molecule is CC(C=Cc1c([O-])[nH]c(=O)n(-c2cccc(C(N)=O)c2)c1=O)=CC=C1C(=O)NC(=O)N(c2cccc(C(N)=O)c2)C1=O.[K+].